The first-order valence-corrected chi connectivity index (χ1v) is 10.1. The molecule has 2 aromatic carbocycles. The molecule has 0 saturated carbocycles. The van der Waals surface area contributed by atoms with E-state index in [9.17, 15) is 17.2 Å². The van der Waals surface area contributed by atoms with Crippen LogP contribution in [0.4, 0.5) is 8.78 Å². The number of rotatable bonds is 5. The van der Waals surface area contributed by atoms with E-state index in [-0.39, 0.29) is 22.9 Å². The number of benzene rings is 2. The summed E-state index contributed by atoms with van der Waals surface area (Å²) in [5, 5.41) is 0.721. The number of likely N-dealkylation sites (tertiary alicyclic amines) is 1. The van der Waals surface area contributed by atoms with Crippen molar-refractivity contribution < 1.29 is 17.2 Å². The van der Waals surface area contributed by atoms with Crippen molar-refractivity contribution in [3.63, 3.8) is 0 Å². The molecule has 0 spiro atoms. The van der Waals surface area contributed by atoms with Gasteiger partial charge in [-0.1, -0.05) is 36.4 Å². The molecule has 0 radical (unpaired) electrons. The summed E-state index contributed by atoms with van der Waals surface area (Å²) in [5.41, 5.74) is 1.63. The van der Waals surface area contributed by atoms with E-state index in [2.05, 4.69) is 4.98 Å². The van der Waals surface area contributed by atoms with Crippen LogP contribution in [0.15, 0.2) is 70.6 Å². The van der Waals surface area contributed by atoms with Gasteiger partial charge < -0.3 is 0 Å². The highest BCUT2D eigenvalue weighted by Crippen LogP contribution is 2.28. The summed E-state index contributed by atoms with van der Waals surface area (Å²) in [4.78, 5) is 6.44. The van der Waals surface area contributed by atoms with Gasteiger partial charge in [0.25, 0.3) is 5.92 Å². The zero-order valence-electron chi connectivity index (χ0n) is 14.5. The summed E-state index contributed by atoms with van der Waals surface area (Å²) in [6.07, 6.45) is 1.96. The van der Waals surface area contributed by atoms with Gasteiger partial charge in [0.2, 0.25) is 9.84 Å². The molecule has 1 aliphatic rings. The number of halogens is 2. The summed E-state index contributed by atoms with van der Waals surface area (Å²) in [6.45, 7) is 0.121. The van der Waals surface area contributed by atoms with Crippen LogP contribution in [-0.2, 0) is 16.3 Å². The monoisotopic (exact) mass is 388 g/mol. The second-order valence-electron chi connectivity index (χ2n) is 6.79. The van der Waals surface area contributed by atoms with Crippen molar-refractivity contribution in [3.8, 4) is 0 Å². The van der Waals surface area contributed by atoms with Gasteiger partial charge in [-0.15, -0.1) is 0 Å². The zero-order valence-corrected chi connectivity index (χ0v) is 15.3. The maximum Gasteiger partial charge on any atom is 0.272 e. The van der Waals surface area contributed by atoms with Crippen LogP contribution in [-0.4, -0.2) is 43.9 Å². The number of alkyl halides is 2. The van der Waals surface area contributed by atoms with Gasteiger partial charge in [-0.05, 0) is 30.2 Å². The van der Waals surface area contributed by atoms with Crippen LogP contribution in [0.2, 0.25) is 0 Å². The predicted molar refractivity (Wildman–Crippen MR) is 98.7 cm³/mol. The minimum absolute atomic E-state index is 0.140. The fraction of sp³-hybridized carbons (Fsp3) is 0.250. The quantitative estimate of drug-likeness (QED) is 0.671. The van der Waals surface area contributed by atoms with Crippen molar-refractivity contribution in [3.05, 3.63) is 66.4 Å². The normalized spacial score (nSPS) is 17.0. The standard InChI is InChI=1S/C20H18F2N2O2S/c21-20(22)13-24(14-20)10-9-15-5-4-6-16-11-18(12-23-19(15)16)27(25,26)17-7-2-1-3-8-17/h1-8,11-12H,9-10,13-14H2. The first kappa shape index (κ1) is 18.0. The highest BCUT2D eigenvalue weighted by molar-refractivity contribution is 7.91. The van der Waals surface area contributed by atoms with Crippen LogP contribution >= 0.6 is 0 Å². The lowest BCUT2D eigenvalue weighted by Crippen LogP contribution is -2.56. The number of para-hydroxylation sites is 1. The van der Waals surface area contributed by atoms with Crippen LogP contribution < -0.4 is 0 Å². The molecule has 0 unspecified atom stereocenters. The zero-order chi connectivity index (χ0) is 19.1. The Balaban J connectivity index is 1.61. The number of aromatic nitrogens is 1. The highest BCUT2D eigenvalue weighted by Gasteiger charge is 2.43. The smallest absolute Gasteiger partial charge is 0.272 e. The Bertz CT molecular complexity index is 1080. The fourth-order valence-corrected chi connectivity index (χ4v) is 4.59. The topological polar surface area (TPSA) is 50.3 Å². The Kier molecular flexibility index (Phi) is 4.44. The van der Waals surface area contributed by atoms with Gasteiger partial charge in [0.1, 0.15) is 0 Å². The third-order valence-electron chi connectivity index (χ3n) is 4.74. The number of sulfone groups is 1. The van der Waals surface area contributed by atoms with E-state index in [1.807, 2.05) is 18.2 Å². The lowest BCUT2D eigenvalue weighted by molar-refractivity contribution is -0.129. The highest BCUT2D eigenvalue weighted by atomic mass is 32.2. The molecule has 3 aromatic rings. The Morgan fingerprint density at radius 1 is 1.00 bits per heavy atom. The van der Waals surface area contributed by atoms with Gasteiger partial charge in [0.05, 0.1) is 28.4 Å². The lowest BCUT2D eigenvalue weighted by atomic mass is 10.0. The van der Waals surface area contributed by atoms with E-state index in [1.165, 1.54) is 6.20 Å². The third-order valence-corrected chi connectivity index (χ3v) is 6.48. The third kappa shape index (κ3) is 3.57. The van der Waals surface area contributed by atoms with E-state index < -0.39 is 15.8 Å². The number of hydrogen-bond donors (Lipinski definition) is 0. The molecule has 1 aromatic heterocycles. The van der Waals surface area contributed by atoms with Gasteiger partial charge in [-0.25, -0.2) is 17.2 Å². The van der Waals surface area contributed by atoms with E-state index in [1.54, 1.807) is 41.3 Å². The van der Waals surface area contributed by atoms with Gasteiger partial charge >= 0.3 is 0 Å². The minimum atomic E-state index is -3.63. The van der Waals surface area contributed by atoms with Crippen molar-refractivity contribution in [1.29, 1.82) is 0 Å². The van der Waals surface area contributed by atoms with Crippen molar-refractivity contribution in [2.75, 3.05) is 19.6 Å². The fourth-order valence-electron chi connectivity index (χ4n) is 3.33. The summed E-state index contributed by atoms with van der Waals surface area (Å²) in [6, 6.07) is 15.4. The first-order chi connectivity index (χ1) is 12.9. The first-order valence-electron chi connectivity index (χ1n) is 8.63. The number of nitrogens with zero attached hydrogens (tertiary/aromatic N) is 2. The number of hydrogen-bond acceptors (Lipinski definition) is 4. The van der Waals surface area contributed by atoms with Gasteiger partial charge in [0.15, 0.2) is 0 Å². The van der Waals surface area contributed by atoms with Crippen LogP contribution in [0.5, 0.6) is 0 Å². The second-order valence-corrected chi connectivity index (χ2v) is 8.74. The SMILES string of the molecule is O=S(=O)(c1ccccc1)c1cnc2c(CCN3CC(F)(F)C3)cccc2c1. The van der Waals surface area contributed by atoms with Crippen LogP contribution in [0, 0.1) is 0 Å². The van der Waals surface area contributed by atoms with E-state index >= 15 is 0 Å². The molecule has 0 aliphatic carbocycles. The van der Waals surface area contributed by atoms with E-state index in [0.717, 1.165) is 10.9 Å². The van der Waals surface area contributed by atoms with Gasteiger partial charge in [-0.3, -0.25) is 9.88 Å². The molecule has 7 heteroatoms. The molecule has 0 bridgehead atoms. The molecule has 1 fully saturated rings. The maximum absolute atomic E-state index is 13.0. The molecule has 4 rings (SSSR count). The Labute approximate surface area is 156 Å². The molecule has 140 valence electrons. The lowest BCUT2D eigenvalue weighted by Gasteiger charge is -2.38. The van der Waals surface area contributed by atoms with Gasteiger partial charge in [0, 0.05) is 18.1 Å². The van der Waals surface area contributed by atoms with Crippen LogP contribution in [0.3, 0.4) is 0 Å². The summed E-state index contributed by atoms with van der Waals surface area (Å²) in [5.74, 6) is -2.57. The summed E-state index contributed by atoms with van der Waals surface area (Å²) >= 11 is 0. The van der Waals surface area contributed by atoms with E-state index in [0.29, 0.717) is 18.5 Å². The molecular formula is C20H18F2N2O2S. The van der Waals surface area contributed by atoms with Crippen molar-refractivity contribution in [2.45, 2.75) is 22.1 Å². The molecule has 2 heterocycles. The Morgan fingerprint density at radius 3 is 2.44 bits per heavy atom. The second kappa shape index (κ2) is 6.65. The average molecular weight is 388 g/mol. The van der Waals surface area contributed by atoms with Crippen LogP contribution in [0.1, 0.15) is 5.56 Å². The number of fused-ring (bicyclic) bond motifs is 1. The molecule has 1 aliphatic heterocycles. The van der Waals surface area contributed by atoms with Crippen molar-refractivity contribution >= 4 is 20.7 Å². The number of pyridine rings is 1. The van der Waals surface area contributed by atoms with Crippen molar-refractivity contribution in [2.24, 2.45) is 0 Å². The van der Waals surface area contributed by atoms with Gasteiger partial charge in [-0.2, -0.15) is 0 Å². The largest absolute Gasteiger partial charge is 0.291 e. The molecule has 0 atom stereocenters. The molecule has 0 amide bonds. The Hall–Kier alpha value is -2.38. The molecule has 27 heavy (non-hydrogen) atoms. The predicted octanol–water partition coefficient (Wildman–Crippen LogP) is 3.56. The Morgan fingerprint density at radius 2 is 1.74 bits per heavy atom. The molecule has 4 nitrogen and oxygen atoms in total. The summed E-state index contributed by atoms with van der Waals surface area (Å²) < 4.78 is 51.4. The molecule has 1 saturated heterocycles. The van der Waals surface area contributed by atoms with Crippen molar-refractivity contribution in [1.82, 2.24) is 9.88 Å². The van der Waals surface area contributed by atoms with E-state index in [4.69, 9.17) is 0 Å². The van der Waals surface area contributed by atoms with Crippen LogP contribution in [0.25, 0.3) is 10.9 Å². The summed E-state index contributed by atoms with van der Waals surface area (Å²) in [7, 11) is -3.63. The maximum atomic E-state index is 13.0. The molecular weight excluding hydrogens is 370 g/mol. The molecule has 0 N–H and O–H groups in total. The minimum Gasteiger partial charge on any atom is -0.291 e. The average Bonchev–Trinajstić information content (AvgIpc) is 2.64.